The highest BCUT2D eigenvalue weighted by Crippen LogP contribution is 2.16. The van der Waals surface area contributed by atoms with Gasteiger partial charge in [0.25, 0.3) is 0 Å². The normalized spacial score (nSPS) is 23.8. The van der Waals surface area contributed by atoms with Crippen LogP contribution >= 0.6 is 0 Å². The van der Waals surface area contributed by atoms with Crippen molar-refractivity contribution in [2.45, 2.75) is 32.4 Å². The minimum atomic E-state index is -1.02. The summed E-state index contributed by atoms with van der Waals surface area (Å²) in [6, 6.07) is 0.00319. The minimum absolute atomic E-state index is 0.00319. The first-order valence-corrected chi connectivity index (χ1v) is 6.14. The lowest BCUT2D eigenvalue weighted by molar-refractivity contribution is -0.150. The molecule has 1 rings (SSSR count). The number of carbonyl (C=O) groups excluding carboxylic acids is 2. The lowest BCUT2D eigenvalue weighted by Crippen LogP contribution is -2.54. The molecule has 0 spiro atoms. The number of hydrogen-bond donors (Lipinski definition) is 2. The van der Waals surface area contributed by atoms with Crippen molar-refractivity contribution < 1.29 is 19.1 Å². The minimum Gasteiger partial charge on any atom is -0.467 e. The number of likely N-dealkylation sites (N-methyl/N-ethyl adjacent to an activating group) is 1. The zero-order chi connectivity index (χ0) is 13.8. The summed E-state index contributed by atoms with van der Waals surface area (Å²) in [7, 11) is 1.30. The van der Waals surface area contributed by atoms with Crippen LogP contribution in [0.5, 0.6) is 0 Å². The summed E-state index contributed by atoms with van der Waals surface area (Å²) in [5.41, 5.74) is -1.02. The van der Waals surface area contributed by atoms with E-state index in [-0.39, 0.29) is 17.9 Å². The van der Waals surface area contributed by atoms with E-state index in [9.17, 15) is 9.59 Å². The average molecular weight is 258 g/mol. The second-order valence-electron chi connectivity index (χ2n) is 4.91. The van der Waals surface area contributed by atoms with Crippen molar-refractivity contribution in [2.24, 2.45) is 5.92 Å². The molecule has 1 aliphatic heterocycles. The molecule has 0 aliphatic carbocycles. The van der Waals surface area contributed by atoms with Gasteiger partial charge >= 0.3 is 5.97 Å². The average Bonchev–Trinajstić information content (AvgIpc) is 2.76. The van der Waals surface area contributed by atoms with Crippen LogP contribution in [-0.4, -0.2) is 50.3 Å². The molecule has 1 heterocycles. The van der Waals surface area contributed by atoms with Crippen molar-refractivity contribution in [1.82, 2.24) is 10.6 Å². The molecule has 6 heteroatoms. The third-order valence-electron chi connectivity index (χ3n) is 3.02. The summed E-state index contributed by atoms with van der Waals surface area (Å²) in [6.07, 6.45) is 0. The Kier molecular flexibility index (Phi) is 5.10. The Hall–Kier alpha value is -1.14. The molecule has 0 aromatic heterocycles. The molecule has 0 saturated carbocycles. The molecule has 18 heavy (non-hydrogen) atoms. The molecule has 104 valence electrons. The van der Waals surface area contributed by atoms with Crippen molar-refractivity contribution >= 4 is 11.9 Å². The van der Waals surface area contributed by atoms with Gasteiger partial charge < -0.3 is 20.1 Å². The number of esters is 1. The summed E-state index contributed by atoms with van der Waals surface area (Å²) >= 11 is 0. The summed E-state index contributed by atoms with van der Waals surface area (Å²) in [5.74, 6) is -0.919. The van der Waals surface area contributed by atoms with E-state index >= 15 is 0 Å². The van der Waals surface area contributed by atoms with Crippen LogP contribution in [-0.2, 0) is 19.1 Å². The smallest absolute Gasteiger partial charge is 0.330 e. The lowest BCUT2D eigenvalue weighted by Gasteiger charge is -2.26. The van der Waals surface area contributed by atoms with Crippen molar-refractivity contribution in [3.05, 3.63) is 0 Å². The third-order valence-corrected chi connectivity index (χ3v) is 3.02. The second-order valence-corrected chi connectivity index (χ2v) is 4.91. The van der Waals surface area contributed by atoms with Crippen molar-refractivity contribution in [3.8, 4) is 0 Å². The van der Waals surface area contributed by atoms with Crippen LogP contribution in [0.4, 0.5) is 0 Å². The fraction of sp³-hybridized carbons (Fsp3) is 0.833. The number of nitrogens with one attached hydrogen (secondary N) is 2. The molecule has 0 aromatic rings. The Labute approximate surface area is 107 Å². The van der Waals surface area contributed by atoms with Gasteiger partial charge in [0, 0.05) is 6.04 Å². The van der Waals surface area contributed by atoms with E-state index in [1.54, 1.807) is 13.8 Å². The molecule has 0 radical (unpaired) electrons. The topological polar surface area (TPSA) is 76.7 Å². The second kappa shape index (κ2) is 6.15. The Balaban J connectivity index is 2.62. The molecular formula is C12H22N2O4. The zero-order valence-corrected chi connectivity index (χ0v) is 11.4. The maximum Gasteiger partial charge on any atom is 0.330 e. The number of rotatable bonds is 5. The van der Waals surface area contributed by atoms with Crippen LogP contribution in [0.3, 0.4) is 0 Å². The first-order chi connectivity index (χ1) is 8.42. The first-order valence-electron chi connectivity index (χ1n) is 6.14. The molecular weight excluding hydrogens is 236 g/mol. The van der Waals surface area contributed by atoms with Gasteiger partial charge in [-0.1, -0.05) is 6.92 Å². The summed E-state index contributed by atoms with van der Waals surface area (Å²) in [4.78, 5) is 23.6. The van der Waals surface area contributed by atoms with E-state index < -0.39 is 11.5 Å². The molecule has 0 bridgehead atoms. The van der Waals surface area contributed by atoms with Gasteiger partial charge in [-0.3, -0.25) is 4.79 Å². The largest absolute Gasteiger partial charge is 0.467 e. The van der Waals surface area contributed by atoms with Crippen molar-refractivity contribution in [3.63, 3.8) is 0 Å². The van der Waals surface area contributed by atoms with Gasteiger partial charge in [-0.25, -0.2) is 4.79 Å². The highest BCUT2D eigenvalue weighted by Gasteiger charge is 2.38. The van der Waals surface area contributed by atoms with E-state index in [0.717, 1.165) is 6.54 Å². The Morgan fingerprint density at radius 2 is 2.06 bits per heavy atom. The molecule has 2 N–H and O–H groups in total. The van der Waals surface area contributed by atoms with Gasteiger partial charge in [0.1, 0.15) is 5.54 Å². The summed E-state index contributed by atoms with van der Waals surface area (Å²) in [6.45, 7) is 6.89. The zero-order valence-electron chi connectivity index (χ0n) is 11.4. The van der Waals surface area contributed by atoms with Gasteiger partial charge in [-0.15, -0.1) is 0 Å². The van der Waals surface area contributed by atoms with Crippen LogP contribution in [0.1, 0.15) is 20.8 Å². The van der Waals surface area contributed by atoms with E-state index in [1.807, 2.05) is 6.92 Å². The maximum atomic E-state index is 12.1. The molecule has 1 saturated heterocycles. The van der Waals surface area contributed by atoms with Crippen LogP contribution < -0.4 is 10.6 Å². The van der Waals surface area contributed by atoms with Crippen LogP contribution in [0.15, 0.2) is 0 Å². The van der Waals surface area contributed by atoms with Crippen LogP contribution in [0, 0.1) is 5.92 Å². The van der Waals surface area contributed by atoms with E-state index in [0.29, 0.717) is 13.2 Å². The Morgan fingerprint density at radius 1 is 1.39 bits per heavy atom. The van der Waals surface area contributed by atoms with Crippen LogP contribution in [0.25, 0.3) is 0 Å². The predicted octanol–water partition coefficient (Wildman–Crippen LogP) is -0.321. The lowest BCUT2D eigenvalue weighted by atomic mass is 9.99. The molecule has 2 atom stereocenters. The fourth-order valence-corrected chi connectivity index (χ4v) is 1.98. The predicted molar refractivity (Wildman–Crippen MR) is 66.0 cm³/mol. The first kappa shape index (κ1) is 14.9. The van der Waals surface area contributed by atoms with Gasteiger partial charge in [0.2, 0.25) is 5.91 Å². The maximum absolute atomic E-state index is 12.1. The molecule has 1 amide bonds. The summed E-state index contributed by atoms with van der Waals surface area (Å²) in [5, 5.41) is 5.91. The highest BCUT2D eigenvalue weighted by molar-refractivity contribution is 5.88. The van der Waals surface area contributed by atoms with Crippen molar-refractivity contribution in [1.29, 1.82) is 0 Å². The van der Waals surface area contributed by atoms with E-state index in [4.69, 9.17) is 4.74 Å². The number of carbonyl (C=O) groups is 2. The summed E-state index contributed by atoms with van der Waals surface area (Å²) < 4.78 is 9.96. The van der Waals surface area contributed by atoms with Gasteiger partial charge in [-0.05, 0) is 20.4 Å². The molecule has 2 unspecified atom stereocenters. The molecule has 0 aromatic carbocycles. The highest BCUT2D eigenvalue weighted by atomic mass is 16.5. The molecule has 6 nitrogen and oxygen atoms in total. The van der Waals surface area contributed by atoms with E-state index in [1.165, 1.54) is 7.11 Å². The van der Waals surface area contributed by atoms with E-state index in [2.05, 4.69) is 15.4 Å². The standard InChI is InChI=1S/C12H22N2O4/c1-5-13-9-7-18-6-8(9)10(15)14-12(2,3)11(16)17-4/h8-9,13H,5-7H2,1-4H3,(H,14,15). The number of ether oxygens (including phenoxy) is 2. The molecule has 1 fully saturated rings. The van der Waals surface area contributed by atoms with Crippen molar-refractivity contribution in [2.75, 3.05) is 26.9 Å². The quantitative estimate of drug-likeness (QED) is 0.661. The third kappa shape index (κ3) is 3.43. The number of methoxy groups -OCH3 is 1. The Bertz CT molecular complexity index is 317. The molecule has 1 aliphatic rings. The van der Waals surface area contributed by atoms with Gasteiger partial charge in [0.05, 0.1) is 26.2 Å². The number of hydrogen-bond acceptors (Lipinski definition) is 5. The fourth-order valence-electron chi connectivity index (χ4n) is 1.98. The monoisotopic (exact) mass is 258 g/mol. The number of amides is 1. The van der Waals surface area contributed by atoms with Gasteiger partial charge in [-0.2, -0.15) is 0 Å². The van der Waals surface area contributed by atoms with Gasteiger partial charge in [0.15, 0.2) is 0 Å². The Morgan fingerprint density at radius 3 is 2.61 bits per heavy atom. The SMILES string of the molecule is CCNC1COCC1C(=O)NC(C)(C)C(=O)OC. The van der Waals surface area contributed by atoms with Crippen LogP contribution in [0.2, 0.25) is 0 Å².